The van der Waals surface area contributed by atoms with Crippen LogP contribution < -0.4 is 5.32 Å². The largest absolute Gasteiger partial charge is 0.388 e. The lowest BCUT2D eigenvalue weighted by Gasteiger charge is -2.02. The molecule has 1 aromatic rings. The summed E-state index contributed by atoms with van der Waals surface area (Å²) in [5, 5.41) is 3.13. The molecule has 0 saturated carbocycles. The fraction of sp³-hybridized carbons (Fsp3) is 0.400. The maximum atomic E-state index is 3.13. The van der Waals surface area contributed by atoms with E-state index in [1.807, 2.05) is 18.8 Å². The van der Waals surface area contributed by atoms with Crippen LogP contribution in [-0.4, -0.2) is 12.8 Å². The van der Waals surface area contributed by atoms with Gasteiger partial charge in [0.25, 0.3) is 0 Å². The Hall–Kier alpha value is -0.630. The second-order valence-corrected chi connectivity index (χ2v) is 3.79. The molecule has 0 heterocycles. The van der Waals surface area contributed by atoms with E-state index < -0.39 is 0 Å². The molecule has 66 valence electrons. The average Bonchev–Trinajstić information content (AvgIpc) is 2.15. The van der Waals surface area contributed by atoms with Gasteiger partial charge in [-0.2, -0.15) is 0 Å². The van der Waals surface area contributed by atoms with Crippen molar-refractivity contribution in [3.63, 3.8) is 0 Å². The van der Waals surface area contributed by atoms with E-state index >= 15 is 0 Å². The van der Waals surface area contributed by atoms with Gasteiger partial charge in [0, 0.05) is 17.6 Å². The summed E-state index contributed by atoms with van der Waals surface area (Å²) in [6.07, 6.45) is 1.23. The summed E-state index contributed by atoms with van der Waals surface area (Å²) < 4.78 is 0. The Morgan fingerprint density at radius 3 is 2.92 bits per heavy atom. The van der Waals surface area contributed by atoms with Crippen LogP contribution in [0, 0.1) is 0 Å². The van der Waals surface area contributed by atoms with Crippen LogP contribution in [0.3, 0.4) is 0 Å². The molecule has 0 aliphatic carbocycles. The minimum Gasteiger partial charge on any atom is -0.388 e. The number of thioether (sulfide) groups is 1. The summed E-state index contributed by atoms with van der Waals surface area (Å²) >= 11 is 1.91. The second-order valence-electron chi connectivity index (χ2n) is 2.63. The number of hydrogen-bond acceptors (Lipinski definition) is 2. The Kier molecular flexibility index (Phi) is 4.01. The molecule has 12 heavy (non-hydrogen) atoms. The Labute approximate surface area is 78.6 Å². The average molecular weight is 181 g/mol. The van der Waals surface area contributed by atoms with Gasteiger partial charge in [0.2, 0.25) is 0 Å². The molecule has 0 radical (unpaired) electrons. The quantitative estimate of drug-likeness (QED) is 0.716. The SMILES string of the molecule is CCCSc1cccc(NC)c1. The molecule has 0 aromatic heterocycles. The molecule has 0 bridgehead atoms. The summed E-state index contributed by atoms with van der Waals surface area (Å²) in [5.41, 5.74) is 1.19. The molecule has 0 saturated heterocycles. The van der Waals surface area contributed by atoms with E-state index in [9.17, 15) is 0 Å². The molecule has 0 atom stereocenters. The molecule has 0 aliphatic rings. The molecule has 0 fully saturated rings. The molecule has 1 rings (SSSR count). The van der Waals surface area contributed by atoms with Gasteiger partial charge in [-0.3, -0.25) is 0 Å². The summed E-state index contributed by atoms with van der Waals surface area (Å²) in [5.74, 6) is 1.20. The van der Waals surface area contributed by atoms with Crippen molar-refractivity contribution in [3.8, 4) is 0 Å². The van der Waals surface area contributed by atoms with Crippen LogP contribution in [0.2, 0.25) is 0 Å². The van der Waals surface area contributed by atoms with Crippen molar-refractivity contribution in [3.05, 3.63) is 24.3 Å². The molecule has 1 nitrogen and oxygen atoms in total. The van der Waals surface area contributed by atoms with E-state index in [-0.39, 0.29) is 0 Å². The smallest absolute Gasteiger partial charge is 0.0348 e. The number of hydrogen-bond donors (Lipinski definition) is 1. The Bertz CT molecular complexity index is 235. The Morgan fingerprint density at radius 2 is 2.25 bits per heavy atom. The van der Waals surface area contributed by atoms with Gasteiger partial charge in [0.05, 0.1) is 0 Å². The molecular formula is C10H15NS. The summed E-state index contributed by atoms with van der Waals surface area (Å²) in [6, 6.07) is 8.50. The van der Waals surface area contributed by atoms with Crippen LogP contribution in [0.25, 0.3) is 0 Å². The highest BCUT2D eigenvalue weighted by Gasteiger charge is 1.93. The minimum atomic E-state index is 1.19. The van der Waals surface area contributed by atoms with Crippen LogP contribution >= 0.6 is 11.8 Å². The number of nitrogens with one attached hydrogen (secondary N) is 1. The topological polar surface area (TPSA) is 12.0 Å². The lowest BCUT2D eigenvalue weighted by atomic mass is 10.3. The Morgan fingerprint density at radius 1 is 1.42 bits per heavy atom. The minimum absolute atomic E-state index is 1.19. The lowest BCUT2D eigenvalue weighted by molar-refractivity contribution is 1.10. The van der Waals surface area contributed by atoms with Gasteiger partial charge in [0.1, 0.15) is 0 Å². The zero-order valence-corrected chi connectivity index (χ0v) is 8.45. The van der Waals surface area contributed by atoms with Crippen LogP contribution in [0.5, 0.6) is 0 Å². The number of benzene rings is 1. The maximum Gasteiger partial charge on any atom is 0.0348 e. The molecule has 2 heteroatoms. The van der Waals surface area contributed by atoms with Crippen LogP contribution in [0.15, 0.2) is 29.2 Å². The third kappa shape index (κ3) is 2.78. The predicted molar refractivity (Wildman–Crippen MR) is 57.0 cm³/mol. The second kappa shape index (κ2) is 5.09. The first-order valence-electron chi connectivity index (χ1n) is 4.27. The molecule has 0 amide bonds. The molecule has 1 N–H and O–H groups in total. The number of rotatable bonds is 4. The highest BCUT2D eigenvalue weighted by Crippen LogP contribution is 2.21. The first-order valence-corrected chi connectivity index (χ1v) is 5.26. The third-order valence-corrected chi connectivity index (χ3v) is 2.80. The van der Waals surface area contributed by atoms with E-state index in [0.29, 0.717) is 0 Å². The van der Waals surface area contributed by atoms with Crippen molar-refractivity contribution < 1.29 is 0 Å². The van der Waals surface area contributed by atoms with E-state index in [4.69, 9.17) is 0 Å². The third-order valence-electron chi connectivity index (χ3n) is 1.60. The van der Waals surface area contributed by atoms with Crippen molar-refractivity contribution in [2.75, 3.05) is 18.1 Å². The zero-order valence-electron chi connectivity index (χ0n) is 7.63. The molecular weight excluding hydrogens is 166 g/mol. The van der Waals surface area contributed by atoms with Crippen molar-refractivity contribution in [1.82, 2.24) is 0 Å². The van der Waals surface area contributed by atoms with E-state index in [2.05, 4.69) is 36.5 Å². The first-order chi connectivity index (χ1) is 5.86. The normalized spacial score (nSPS) is 9.83. The monoisotopic (exact) mass is 181 g/mol. The highest BCUT2D eigenvalue weighted by atomic mass is 32.2. The molecule has 0 spiro atoms. The van der Waals surface area contributed by atoms with Gasteiger partial charge in [-0.15, -0.1) is 11.8 Å². The molecule has 0 aliphatic heterocycles. The highest BCUT2D eigenvalue weighted by molar-refractivity contribution is 7.99. The van der Waals surface area contributed by atoms with Crippen molar-refractivity contribution in [2.45, 2.75) is 18.2 Å². The summed E-state index contributed by atoms with van der Waals surface area (Å²) in [4.78, 5) is 1.35. The number of anilines is 1. The summed E-state index contributed by atoms with van der Waals surface area (Å²) in [6.45, 7) is 2.20. The van der Waals surface area contributed by atoms with Crippen LogP contribution in [-0.2, 0) is 0 Å². The van der Waals surface area contributed by atoms with E-state index in [1.54, 1.807) is 0 Å². The van der Waals surface area contributed by atoms with Crippen LogP contribution in [0.1, 0.15) is 13.3 Å². The van der Waals surface area contributed by atoms with Gasteiger partial charge >= 0.3 is 0 Å². The van der Waals surface area contributed by atoms with Gasteiger partial charge in [0.15, 0.2) is 0 Å². The van der Waals surface area contributed by atoms with Crippen molar-refractivity contribution in [2.24, 2.45) is 0 Å². The fourth-order valence-electron chi connectivity index (χ4n) is 0.961. The lowest BCUT2D eigenvalue weighted by Crippen LogP contribution is -1.87. The van der Waals surface area contributed by atoms with Crippen molar-refractivity contribution in [1.29, 1.82) is 0 Å². The van der Waals surface area contributed by atoms with Crippen LogP contribution in [0.4, 0.5) is 5.69 Å². The standard InChI is InChI=1S/C10H15NS/c1-3-7-12-10-6-4-5-9(8-10)11-2/h4-6,8,11H,3,7H2,1-2H3. The Balaban J connectivity index is 2.60. The van der Waals surface area contributed by atoms with Gasteiger partial charge in [-0.25, -0.2) is 0 Å². The van der Waals surface area contributed by atoms with Gasteiger partial charge < -0.3 is 5.32 Å². The predicted octanol–water partition coefficient (Wildman–Crippen LogP) is 3.23. The van der Waals surface area contributed by atoms with E-state index in [0.717, 1.165) is 0 Å². The fourth-order valence-corrected chi connectivity index (χ4v) is 1.79. The van der Waals surface area contributed by atoms with Gasteiger partial charge in [-0.05, 0) is 30.4 Å². The first kappa shape index (κ1) is 9.46. The molecule has 0 unspecified atom stereocenters. The molecule has 1 aromatic carbocycles. The van der Waals surface area contributed by atoms with Gasteiger partial charge in [-0.1, -0.05) is 13.0 Å². The zero-order chi connectivity index (χ0) is 8.81. The van der Waals surface area contributed by atoms with Crippen molar-refractivity contribution >= 4 is 17.4 Å². The summed E-state index contributed by atoms with van der Waals surface area (Å²) in [7, 11) is 1.95. The maximum absolute atomic E-state index is 3.13. The van der Waals surface area contributed by atoms with E-state index in [1.165, 1.54) is 22.8 Å².